The van der Waals surface area contributed by atoms with Crippen molar-refractivity contribution in [1.82, 2.24) is 5.32 Å². The van der Waals surface area contributed by atoms with Crippen LogP contribution in [0.3, 0.4) is 0 Å². The summed E-state index contributed by atoms with van der Waals surface area (Å²) in [7, 11) is 0. The van der Waals surface area contributed by atoms with Crippen LogP contribution in [-0.4, -0.2) is 5.91 Å². The molecule has 20 heavy (non-hydrogen) atoms. The van der Waals surface area contributed by atoms with E-state index in [0.717, 1.165) is 19.3 Å². The molecule has 0 heterocycles. The fourth-order valence-electron chi connectivity index (χ4n) is 3.09. The Labute approximate surface area is 123 Å². The van der Waals surface area contributed by atoms with E-state index >= 15 is 0 Å². The van der Waals surface area contributed by atoms with Crippen LogP contribution in [0.2, 0.25) is 0 Å². The summed E-state index contributed by atoms with van der Waals surface area (Å²) in [6.45, 7) is 4.42. The maximum absolute atomic E-state index is 12.5. The number of carbonyl (C=O) groups excluding carboxylic acids is 1. The van der Waals surface area contributed by atoms with Gasteiger partial charge in [0.25, 0.3) is 0 Å². The topological polar surface area (TPSA) is 29.1 Å². The number of amides is 1. The summed E-state index contributed by atoms with van der Waals surface area (Å²) < 4.78 is 0. The largest absolute Gasteiger partial charge is 0.349 e. The molecule has 0 aliphatic heterocycles. The van der Waals surface area contributed by atoms with Gasteiger partial charge in [0.05, 0.1) is 6.04 Å². The molecule has 2 nitrogen and oxygen atoms in total. The highest BCUT2D eigenvalue weighted by atomic mass is 16.1. The predicted octanol–water partition coefficient (Wildman–Crippen LogP) is 4.47. The lowest BCUT2D eigenvalue weighted by atomic mass is 9.88. The van der Waals surface area contributed by atoms with Crippen LogP contribution in [0.15, 0.2) is 30.3 Å². The number of benzene rings is 1. The van der Waals surface area contributed by atoms with Crippen molar-refractivity contribution in [3.63, 3.8) is 0 Å². The van der Waals surface area contributed by atoms with E-state index in [9.17, 15) is 4.79 Å². The quantitative estimate of drug-likeness (QED) is 0.842. The van der Waals surface area contributed by atoms with Gasteiger partial charge in [-0.2, -0.15) is 0 Å². The zero-order chi connectivity index (χ0) is 14.4. The molecule has 1 aliphatic carbocycles. The molecule has 2 heteroatoms. The van der Waals surface area contributed by atoms with Crippen molar-refractivity contribution in [3.05, 3.63) is 35.9 Å². The molecule has 0 radical (unpaired) electrons. The third-order valence-electron chi connectivity index (χ3n) is 4.20. The number of hydrogen-bond donors (Lipinski definition) is 1. The van der Waals surface area contributed by atoms with Crippen molar-refractivity contribution < 1.29 is 4.79 Å². The van der Waals surface area contributed by atoms with Crippen molar-refractivity contribution >= 4 is 5.91 Å². The summed E-state index contributed by atoms with van der Waals surface area (Å²) in [6, 6.07) is 10.5. The normalized spacial score (nSPS) is 17.9. The van der Waals surface area contributed by atoms with Gasteiger partial charge in [-0.1, -0.05) is 63.4 Å². The first-order valence-corrected chi connectivity index (χ1v) is 8.02. The van der Waals surface area contributed by atoms with Gasteiger partial charge in [0, 0.05) is 5.92 Å². The van der Waals surface area contributed by atoms with Crippen molar-refractivity contribution in [1.29, 1.82) is 0 Å². The molecule has 1 aromatic rings. The van der Waals surface area contributed by atoms with Gasteiger partial charge in [-0.3, -0.25) is 4.79 Å². The van der Waals surface area contributed by atoms with E-state index in [0.29, 0.717) is 5.92 Å². The smallest absolute Gasteiger partial charge is 0.223 e. The van der Waals surface area contributed by atoms with E-state index in [1.54, 1.807) is 0 Å². The molecule has 1 N–H and O–H groups in total. The van der Waals surface area contributed by atoms with E-state index in [2.05, 4.69) is 43.4 Å². The third-order valence-corrected chi connectivity index (χ3v) is 4.20. The van der Waals surface area contributed by atoms with E-state index in [4.69, 9.17) is 0 Å². The van der Waals surface area contributed by atoms with Crippen molar-refractivity contribution in [2.45, 2.75) is 58.4 Å². The average Bonchev–Trinajstić information content (AvgIpc) is 2.48. The first-order valence-electron chi connectivity index (χ1n) is 8.02. The highest BCUT2D eigenvalue weighted by Gasteiger charge is 2.24. The minimum atomic E-state index is 0.158. The monoisotopic (exact) mass is 273 g/mol. The van der Waals surface area contributed by atoms with E-state index in [1.165, 1.54) is 24.8 Å². The van der Waals surface area contributed by atoms with Gasteiger partial charge in [-0.05, 0) is 30.7 Å². The van der Waals surface area contributed by atoms with Crippen LogP contribution in [0.25, 0.3) is 0 Å². The molecule has 2 rings (SSSR count). The summed E-state index contributed by atoms with van der Waals surface area (Å²) in [6.07, 6.45) is 6.83. The Bertz CT molecular complexity index is 407. The zero-order valence-corrected chi connectivity index (χ0v) is 12.8. The van der Waals surface area contributed by atoms with Crippen molar-refractivity contribution in [2.75, 3.05) is 0 Å². The summed E-state index contributed by atoms with van der Waals surface area (Å²) in [5, 5.41) is 3.30. The number of hydrogen-bond acceptors (Lipinski definition) is 1. The van der Waals surface area contributed by atoms with Crippen molar-refractivity contribution in [3.8, 4) is 0 Å². The molecule has 0 spiro atoms. The Balaban J connectivity index is 2.01. The first kappa shape index (κ1) is 15.1. The second-order valence-corrected chi connectivity index (χ2v) is 6.44. The minimum absolute atomic E-state index is 0.158. The van der Waals surface area contributed by atoms with Crippen LogP contribution >= 0.6 is 0 Å². The van der Waals surface area contributed by atoms with Crippen LogP contribution in [0, 0.1) is 11.8 Å². The Kier molecular flexibility index (Phi) is 5.63. The highest BCUT2D eigenvalue weighted by Crippen LogP contribution is 2.26. The Morgan fingerprint density at radius 2 is 1.80 bits per heavy atom. The maximum Gasteiger partial charge on any atom is 0.223 e. The van der Waals surface area contributed by atoms with Crippen LogP contribution in [0.4, 0.5) is 0 Å². The lowest BCUT2D eigenvalue weighted by Crippen LogP contribution is -2.35. The SMILES string of the molecule is CC(C)CC(NC(=O)C1CCCCC1)c1ccccc1. The fraction of sp³-hybridized carbons (Fsp3) is 0.611. The Morgan fingerprint density at radius 1 is 1.15 bits per heavy atom. The maximum atomic E-state index is 12.5. The van der Waals surface area contributed by atoms with Crippen LogP contribution < -0.4 is 5.32 Å². The number of rotatable bonds is 5. The molecule has 110 valence electrons. The third kappa shape index (κ3) is 4.36. The molecule has 1 aliphatic rings. The summed E-state index contributed by atoms with van der Waals surface area (Å²) >= 11 is 0. The minimum Gasteiger partial charge on any atom is -0.349 e. The second kappa shape index (κ2) is 7.47. The van der Waals surface area contributed by atoms with E-state index in [-0.39, 0.29) is 17.9 Å². The van der Waals surface area contributed by atoms with Gasteiger partial charge < -0.3 is 5.32 Å². The summed E-state index contributed by atoms with van der Waals surface area (Å²) in [5.41, 5.74) is 1.23. The van der Waals surface area contributed by atoms with Gasteiger partial charge in [0.2, 0.25) is 5.91 Å². The molecular formula is C18H27NO. The highest BCUT2D eigenvalue weighted by molar-refractivity contribution is 5.79. The number of nitrogens with one attached hydrogen (secondary N) is 1. The van der Waals surface area contributed by atoms with Crippen LogP contribution in [0.5, 0.6) is 0 Å². The Hall–Kier alpha value is -1.31. The van der Waals surface area contributed by atoms with E-state index < -0.39 is 0 Å². The number of carbonyl (C=O) groups is 1. The lowest BCUT2D eigenvalue weighted by molar-refractivity contribution is -0.126. The molecule has 0 aromatic heterocycles. The molecule has 1 saturated carbocycles. The average molecular weight is 273 g/mol. The molecule has 0 bridgehead atoms. The molecule has 1 fully saturated rings. The Morgan fingerprint density at radius 3 is 2.40 bits per heavy atom. The van der Waals surface area contributed by atoms with Crippen LogP contribution in [-0.2, 0) is 4.79 Å². The predicted molar refractivity (Wildman–Crippen MR) is 83.4 cm³/mol. The molecule has 1 unspecified atom stereocenters. The van der Waals surface area contributed by atoms with Gasteiger partial charge in [0.1, 0.15) is 0 Å². The summed E-state index contributed by atoms with van der Waals surface area (Å²) in [5.74, 6) is 1.08. The van der Waals surface area contributed by atoms with Crippen molar-refractivity contribution in [2.24, 2.45) is 11.8 Å². The first-order chi connectivity index (χ1) is 9.66. The van der Waals surface area contributed by atoms with Gasteiger partial charge in [-0.25, -0.2) is 0 Å². The molecule has 1 atom stereocenters. The van der Waals surface area contributed by atoms with Gasteiger partial charge >= 0.3 is 0 Å². The molecular weight excluding hydrogens is 246 g/mol. The van der Waals surface area contributed by atoms with Gasteiger partial charge in [-0.15, -0.1) is 0 Å². The molecule has 0 saturated heterocycles. The molecule has 1 amide bonds. The lowest BCUT2D eigenvalue weighted by Gasteiger charge is -2.26. The molecule has 1 aromatic carbocycles. The van der Waals surface area contributed by atoms with Gasteiger partial charge in [0.15, 0.2) is 0 Å². The summed E-state index contributed by atoms with van der Waals surface area (Å²) in [4.78, 5) is 12.5. The second-order valence-electron chi connectivity index (χ2n) is 6.44. The fourth-order valence-corrected chi connectivity index (χ4v) is 3.09. The van der Waals surface area contributed by atoms with Crippen LogP contribution in [0.1, 0.15) is 64.0 Å². The zero-order valence-electron chi connectivity index (χ0n) is 12.8. The van der Waals surface area contributed by atoms with E-state index in [1.807, 2.05) is 6.07 Å². The standard InChI is InChI=1S/C18H27NO/c1-14(2)13-17(15-9-5-3-6-10-15)19-18(20)16-11-7-4-8-12-16/h3,5-6,9-10,14,16-17H,4,7-8,11-13H2,1-2H3,(H,19,20).